The summed E-state index contributed by atoms with van der Waals surface area (Å²) < 4.78 is 2.36. The van der Waals surface area contributed by atoms with Crippen LogP contribution in [0.2, 0.25) is 0 Å². The Morgan fingerprint density at radius 3 is 2.52 bits per heavy atom. The third-order valence-electron chi connectivity index (χ3n) is 5.13. The highest BCUT2D eigenvalue weighted by Gasteiger charge is 2.17. The summed E-state index contributed by atoms with van der Waals surface area (Å²) in [5.41, 5.74) is 3.87. The molecule has 0 saturated heterocycles. The smallest absolute Gasteiger partial charge is 0.222 e. The maximum atomic E-state index is 12.7. The number of benzene rings is 2. The van der Waals surface area contributed by atoms with E-state index < -0.39 is 0 Å². The van der Waals surface area contributed by atoms with E-state index in [1.165, 1.54) is 22.0 Å². The van der Waals surface area contributed by atoms with Crippen molar-refractivity contribution in [2.45, 2.75) is 38.8 Å². The fraction of sp³-hybridized carbons (Fsp3) is 0.318. The number of aromatic nitrogens is 1. The van der Waals surface area contributed by atoms with Gasteiger partial charge in [0.1, 0.15) is 0 Å². The largest absolute Gasteiger partial charge is 0.347 e. The Labute approximate surface area is 148 Å². The van der Waals surface area contributed by atoms with Gasteiger partial charge in [-0.25, -0.2) is 0 Å². The van der Waals surface area contributed by atoms with Crippen LogP contribution in [0.15, 0.2) is 60.8 Å². The first kappa shape index (κ1) is 15.9. The molecule has 25 heavy (non-hydrogen) atoms. The van der Waals surface area contributed by atoms with E-state index in [-0.39, 0.29) is 5.91 Å². The number of carbonyl (C=O) groups is 1. The lowest BCUT2D eigenvalue weighted by Gasteiger charge is -2.23. The molecule has 1 aliphatic heterocycles. The summed E-state index contributed by atoms with van der Waals surface area (Å²) in [6, 6.07) is 18.9. The summed E-state index contributed by atoms with van der Waals surface area (Å²) in [5.74, 6) is 0.283. The molecule has 0 unspecified atom stereocenters. The van der Waals surface area contributed by atoms with Gasteiger partial charge in [-0.15, -0.1) is 0 Å². The van der Waals surface area contributed by atoms with E-state index in [2.05, 4.69) is 47.2 Å². The zero-order chi connectivity index (χ0) is 17.1. The second-order valence-corrected chi connectivity index (χ2v) is 6.87. The fourth-order valence-electron chi connectivity index (χ4n) is 3.77. The Kier molecular flexibility index (Phi) is 4.55. The molecular formula is C22H24N2O. The molecule has 2 bridgehead atoms. The predicted octanol–water partition coefficient (Wildman–Crippen LogP) is 4.40. The quantitative estimate of drug-likeness (QED) is 0.683. The summed E-state index contributed by atoms with van der Waals surface area (Å²) in [7, 11) is 0. The Balaban J connectivity index is 1.62. The number of nitrogens with zero attached hydrogens (tertiary/aromatic N) is 2. The first-order chi connectivity index (χ1) is 12.3. The van der Waals surface area contributed by atoms with Crippen LogP contribution >= 0.6 is 0 Å². The van der Waals surface area contributed by atoms with Crippen LogP contribution in [0.3, 0.4) is 0 Å². The van der Waals surface area contributed by atoms with E-state index in [4.69, 9.17) is 0 Å². The minimum Gasteiger partial charge on any atom is -0.347 e. The Morgan fingerprint density at radius 2 is 1.64 bits per heavy atom. The van der Waals surface area contributed by atoms with Gasteiger partial charge in [-0.1, -0.05) is 48.5 Å². The highest BCUT2D eigenvalue weighted by molar-refractivity contribution is 5.84. The van der Waals surface area contributed by atoms with Crippen LogP contribution in [-0.4, -0.2) is 21.9 Å². The van der Waals surface area contributed by atoms with Crippen molar-refractivity contribution in [1.82, 2.24) is 9.47 Å². The molecule has 1 amide bonds. The Bertz CT molecular complexity index is 866. The number of para-hydroxylation sites is 1. The highest BCUT2D eigenvalue weighted by Crippen LogP contribution is 2.24. The summed E-state index contributed by atoms with van der Waals surface area (Å²) in [5, 5.41) is 1.33. The van der Waals surface area contributed by atoms with Crippen molar-refractivity contribution in [2.24, 2.45) is 0 Å². The van der Waals surface area contributed by atoms with Gasteiger partial charge >= 0.3 is 0 Å². The van der Waals surface area contributed by atoms with Gasteiger partial charge in [-0.2, -0.15) is 0 Å². The van der Waals surface area contributed by atoms with Crippen molar-refractivity contribution in [1.29, 1.82) is 0 Å². The van der Waals surface area contributed by atoms with Crippen LogP contribution in [0.4, 0.5) is 0 Å². The minimum atomic E-state index is 0.283. The van der Waals surface area contributed by atoms with Crippen molar-refractivity contribution < 1.29 is 4.79 Å². The molecule has 0 N–H and O–H groups in total. The number of fused-ring (bicyclic) bond motifs is 5. The molecule has 0 aliphatic carbocycles. The number of hydrogen-bond donors (Lipinski definition) is 0. The molecule has 1 aromatic heterocycles. The van der Waals surface area contributed by atoms with Gasteiger partial charge in [0.05, 0.1) is 0 Å². The number of rotatable bonds is 2. The average molecular weight is 332 g/mol. The van der Waals surface area contributed by atoms with E-state index >= 15 is 0 Å². The van der Waals surface area contributed by atoms with Crippen molar-refractivity contribution in [3.05, 3.63) is 71.9 Å². The molecule has 3 heteroatoms. The zero-order valence-corrected chi connectivity index (χ0v) is 14.5. The molecule has 2 heterocycles. The zero-order valence-electron chi connectivity index (χ0n) is 14.5. The molecule has 1 aliphatic rings. The monoisotopic (exact) mass is 332 g/mol. The maximum absolute atomic E-state index is 12.7. The molecular weight excluding hydrogens is 308 g/mol. The number of amides is 1. The lowest BCUT2D eigenvalue weighted by Crippen LogP contribution is -2.32. The molecule has 3 nitrogen and oxygen atoms in total. The summed E-state index contributed by atoms with van der Waals surface area (Å²) in [6.45, 7) is 2.48. The summed E-state index contributed by atoms with van der Waals surface area (Å²) in [4.78, 5) is 14.7. The van der Waals surface area contributed by atoms with Crippen LogP contribution in [0.1, 0.15) is 30.4 Å². The van der Waals surface area contributed by atoms with Crippen LogP contribution in [0, 0.1) is 0 Å². The Morgan fingerprint density at radius 1 is 0.840 bits per heavy atom. The molecule has 2 aromatic carbocycles. The van der Waals surface area contributed by atoms with Gasteiger partial charge in [0.25, 0.3) is 0 Å². The standard InChI is InChI=1S/C22H24N2O/c25-22-12-6-7-14-23-17-19(20-10-4-5-11-21(20)23)13-15-24(22)16-18-8-2-1-3-9-18/h1-5,8-11,17H,6-7,12-16H2. The average Bonchev–Trinajstić information content (AvgIpc) is 2.99. The first-order valence-corrected chi connectivity index (χ1v) is 9.20. The van der Waals surface area contributed by atoms with E-state index in [9.17, 15) is 4.79 Å². The van der Waals surface area contributed by atoms with Gasteiger partial charge in [0.2, 0.25) is 5.91 Å². The van der Waals surface area contributed by atoms with Gasteiger partial charge in [-0.05, 0) is 36.5 Å². The van der Waals surface area contributed by atoms with Crippen LogP contribution in [0.25, 0.3) is 10.9 Å². The summed E-state index contributed by atoms with van der Waals surface area (Å²) in [6.07, 6.45) is 5.85. The lowest BCUT2D eigenvalue weighted by molar-refractivity contribution is -0.131. The van der Waals surface area contributed by atoms with Gasteiger partial charge in [0.15, 0.2) is 0 Å². The molecule has 0 atom stereocenters. The summed E-state index contributed by atoms with van der Waals surface area (Å²) >= 11 is 0. The van der Waals surface area contributed by atoms with Gasteiger partial charge in [-0.3, -0.25) is 4.79 Å². The second kappa shape index (κ2) is 7.14. The number of aryl methyl sites for hydroxylation is 1. The molecule has 128 valence electrons. The van der Waals surface area contributed by atoms with E-state index in [1.807, 2.05) is 23.1 Å². The molecule has 0 radical (unpaired) electrons. The van der Waals surface area contributed by atoms with Gasteiger partial charge < -0.3 is 9.47 Å². The lowest BCUT2D eigenvalue weighted by atomic mass is 10.1. The number of hydrogen-bond acceptors (Lipinski definition) is 1. The SMILES string of the molecule is O=C1CCCCn2cc(c3ccccc32)CCN1Cc1ccccc1. The molecule has 4 rings (SSSR count). The third-order valence-corrected chi connectivity index (χ3v) is 5.13. The van der Waals surface area contributed by atoms with Crippen LogP contribution in [0.5, 0.6) is 0 Å². The van der Waals surface area contributed by atoms with E-state index in [0.717, 1.165) is 32.4 Å². The molecule has 0 fully saturated rings. The van der Waals surface area contributed by atoms with Crippen molar-refractivity contribution in [3.63, 3.8) is 0 Å². The number of carbonyl (C=O) groups excluding carboxylic acids is 1. The van der Waals surface area contributed by atoms with Crippen molar-refractivity contribution in [3.8, 4) is 0 Å². The molecule has 0 saturated carbocycles. The normalized spacial score (nSPS) is 16.0. The molecule has 3 aromatic rings. The van der Waals surface area contributed by atoms with Crippen LogP contribution < -0.4 is 0 Å². The van der Waals surface area contributed by atoms with Gasteiger partial charge in [0, 0.05) is 43.2 Å². The highest BCUT2D eigenvalue weighted by atomic mass is 16.2. The van der Waals surface area contributed by atoms with Crippen LogP contribution in [-0.2, 0) is 24.3 Å². The third kappa shape index (κ3) is 3.46. The van der Waals surface area contributed by atoms with Crippen molar-refractivity contribution in [2.75, 3.05) is 6.54 Å². The maximum Gasteiger partial charge on any atom is 0.222 e. The Hall–Kier alpha value is -2.55. The minimum absolute atomic E-state index is 0.283. The topological polar surface area (TPSA) is 25.2 Å². The first-order valence-electron chi connectivity index (χ1n) is 9.20. The predicted molar refractivity (Wildman–Crippen MR) is 101 cm³/mol. The van der Waals surface area contributed by atoms with E-state index in [0.29, 0.717) is 13.0 Å². The van der Waals surface area contributed by atoms with Crippen molar-refractivity contribution >= 4 is 16.8 Å². The second-order valence-electron chi connectivity index (χ2n) is 6.87. The molecule has 0 spiro atoms. The fourth-order valence-corrected chi connectivity index (χ4v) is 3.77. The van der Waals surface area contributed by atoms with E-state index in [1.54, 1.807) is 0 Å².